The third-order valence-corrected chi connectivity index (χ3v) is 6.37. The van der Waals surface area contributed by atoms with Gasteiger partial charge < -0.3 is 14.8 Å². The zero-order valence-electron chi connectivity index (χ0n) is 18.6. The molecule has 0 amide bonds. The summed E-state index contributed by atoms with van der Waals surface area (Å²) in [7, 11) is 4.30. The first-order valence-corrected chi connectivity index (χ1v) is 10.9. The topological polar surface area (TPSA) is 93.8 Å². The molecule has 1 aromatic carbocycles. The lowest BCUT2D eigenvalue weighted by Gasteiger charge is -2.36. The lowest BCUT2D eigenvalue weighted by atomic mass is 10.0. The minimum absolute atomic E-state index is 0.153. The minimum Gasteiger partial charge on any atom is -0.371 e. The Bertz CT molecular complexity index is 1260. The fourth-order valence-electron chi connectivity index (χ4n) is 4.41. The van der Waals surface area contributed by atoms with Gasteiger partial charge in [0.1, 0.15) is 0 Å². The number of aromatic amines is 2. The van der Waals surface area contributed by atoms with Crippen LogP contribution in [0, 0.1) is 6.92 Å². The summed E-state index contributed by atoms with van der Waals surface area (Å²) < 4.78 is 0. The van der Waals surface area contributed by atoms with Gasteiger partial charge >= 0.3 is 0 Å². The average molecular weight is 430 g/mol. The van der Waals surface area contributed by atoms with E-state index in [0.29, 0.717) is 23.1 Å². The maximum atomic E-state index is 13.1. The number of imidazole rings is 1. The Kier molecular flexibility index (Phi) is 5.22. The SMILES string of the molecule is Cc1[nH]ncc1-c1cc(C(=O)c2nc3ccc(N4CCC(N(C)C)CC4)cc3[nH]2)ccn1. The fourth-order valence-corrected chi connectivity index (χ4v) is 4.41. The van der Waals surface area contributed by atoms with Gasteiger partial charge in [-0.15, -0.1) is 0 Å². The highest BCUT2D eigenvalue weighted by Crippen LogP contribution is 2.26. The van der Waals surface area contributed by atoms with Crippen LogP contribution in [-0.4, -0.2) is 69.1 Å². The highest BCUT2D eigenvalue weighted by molar-refractivity contribution is 6.08. The standard InChI is InChI=1S/C24H27N7O/c1-15-19(14-26-29-15)21-12-16(6-9-25-21)23(32)24-27-20-5-4-18(13-22(20)28-24)31-10-7-17(8-11-31)30(2)3/h4-6,9,12-14,17H,7-8,10-11H2,1-3H3,(H,26,29)(H,27,28). The third-order valence-electron chi connectivity index (χ3n) is 6.37. The van der Waals surface area contributed by atoms with Crippen LogP contribution in [0.4, 0.5) is 5.69 Å². The number of hydrogen-bond donors (Lipinski definition) is 2. The van der Waals surface area contributed by atoms with Gasteiger partial charge in [0.15, 0.2) is 5.82 Å². The second-order valence-corrected chi connectivity index (χ2v) is 8.64. The number of aryl methyl sites for hydroxylation is 1. The number of pyridine rings is 1. The van der Waals surface area contributed by atoms with E-state index in [4.69, 9.17) is 0 Å². The van der Waals surface area contributed by atoms with E-state index in [1.54, 1.807) is 24.5 Å². The number of ketones is 1. The summed E-state index contributed by atoms with van der Waals surface area (Å²) in [4.78, 5) is 30.0. The van der Waals surface area contributed by atoms with Crippen LogP contribution in [0.2, 0.25) is 0 Å². The molecular weight excluding hydrogens is 402 g/mol. The number of aromatic nitrogens is 5. The maximum absolute atomic E-state index is 13.1. The Labute approximate surface area is 186 Å². The zero-order valence-corrected chi connectivity index (χ0v) is 18.6. The highest BCUT2D eigenvalue weighted by atomic mass is 16.1. The Hall–Kier alpha value is -3.52. The number of rotatable bonds is 5. The number of hydrogen-bond acceptors (Lipinski definition) is 6. The summed E-state index contributed by atoms with van der Waals surface area (Å²) in [5, 5.41) is 6.95. The molecule has 0 saturated carbocycles. The smallest absolute Gasteiger partial charge is 0.228 e. The Balaban J connectivity index is 1.39. The van der Waals surface area contributed by atoms with Crippen molar-refractivity contribution in [3.8, 4) is 11.3 Å². The van der Waals surface area contributed by atoms with Crippen molar-refractivity contribution in [3.05, 3.63) is 59.8 Å². The monoisotopic (exact) mass is 429 g/mol. The first kappa shape index (κ1) is 20.4. The first-order valence-electron chi connectivity index (χ1n) is 10.9. The number of piperidine rings is 1. The summed E-state index contributed by atoms with van der Waals surface area (Å²) in [6, 6.07) is 10.3. The largest absolute Gasteiger partial charge is 0.371 e. The van der Waals surface area contributed by atoms with E-state index >= 15 is 0 Å². The van der Waals surface area contributed by atoms with E-state index in [1.807, 2.05) is 13.0 Å². The second kappa shape index (κ2) is 8.20. The molecule has 8 heteroatoms. The molecule has 1 aliphatic rings. The van der Waals surface area contributed by atoms with Crippen molar-refractivity contribution in [2.75, 3.05) is 32.1 Å². The minimum atomic E-state index is -0.153. The lowest BCUT2D eigenvalue weighted by Crippen LogP contribution is -2.41. The quantitative estimate of drug-likeness (QED) is 0.472. The number of H-pyrrole nitrogens is 2. The molecule has 8 nitrogen and oxygen atoms in total. The summed E-state index contributed by atoms with van der Waals surface area (Å²) in [5.41, 5.74) is 5.88. The first-order chi connectivity index (χ1) is 15.5. The summed E-state index contributed by atoms with van der Waals surface area (Å²) in [6.45, 7) is 3.99. The molecule has 2 N–H and O–H groups in total. The van der Waals surface area contributed by atoms with Crippen LogP contribution in [0.15, 0.2) is 42.7 Å². The van der Waals surface area contributed by atoms with Gasteiger partial charge in [0, 0.05) is 47.8 Å². The van der Waals surface area contributed by atoms with Gasteiger partial charge in [0.2, 0.25) is 5.78 Å². The van der Waals surface area contributed by atoms with Gasteiger partial charge in [-0.3, -0.25) is 14.9 Å². The van der Waals surface area contributed by atoms with E-state index < -0.39 is 0 Å². The molecule has 5 rings (SSSR count). The number of anilines is 1. The van der Waals surface area contributed by atoms with Gasteiger partial charge in [-0.05, 0) is 64.2 Å². The van der Waals surface area contributed by atoms with Crippen LogP contribution >= 0.6 is 0 Å². The third kappa shape index (κ3) is 3.78. The van der Waals surface area contributed by atoms with Crippen molar-refractivity contribution in [2.45, 2.75) is 25.8 Å². The van der Waals surface area contributed by atoms with Crippen molar-refractivity contribution in [3.63, 3.8) is 0 Å². The molecule has 1 fully saturated rings. The van der Waals surface area contributed by atoms with Gasteiger partial charge in [-0.25, -0.2) is 4.98 Å². The predicted molar refractivity (Wildman–Crippen MR) is 125 cm³/mol. The molecule has 0 atom stereocenters. The highest BCUT2D eigenvalue weighted by Gasteiger charge is 2.22. The van der Waals surface area contributed by atoms with Crippen LogP contribution in [0.3, 0.4) is 0 Å². The predicted octanol–water partition coefficient (Wildman–Crippen LogP) is 3.42. The lowest BCUT2D eigenvalue weighted by molar-refractivity contribution is 0.103. The fraction of sp³-hybridized carbons (Fsp3) is 0.333. The molecule has 0 unspecified atom stereocenters. The summed E-state index contributed by atoms with van der Waals surface area (Å²) >= 11 is 0. The summed E-state index contributed by atoms with van der Waals surface area (Å²) in [5.74, 6) is 0.184. The Morgan fingerprint density at radius 2 is 1.97 bits per heavy atom. The number of nitrogens with one attached hydrogen (secondary N) is 2. The van der Waals surface area contributed by atoms with E-state index in [2.05, 4.69) is 61.2 Å². The van der Waals surface area contributed by atoms with Crippen molar-refractivity contribution in [1.29, 1.82) is 0 Å². The van der Waals surface area contributed by atoms with Gasteiger partial charge in [-0.1, -0.05) is 0 Å². The van der Waals surface area contributed by atoms with E-state index in [-0.39, 0.29) is 5.78 Å². The number of nitrogens with zero attached hydrogens (tertiary/aromatic N) is 5. The second-order valence-electron chi connectivity index (χ2n) is 8.64. The van der Waals surface area contributed by atoms with Crippen molar-refractivity contribution in [2.24, 2.45) is 0 Å². The molecular formula is C24H27N7O. The molecule has 0 bridgehead atoms. The molecule has 4 heterocycles. The average Bonchev–Trinajstić information content (AvgIpc) is 3.44. The number of benzene rings is 1. The van der Waals surface area contributed by atoms with E-state index in [1.165, 1.54) is 5.69 Å². The van der Waals surface area contributed by atoms with Crippen LogP contribution in [0.25, 0.3) is 22.3 Å². The molecule has 164 valence electrons. The van der Waals surface area contributed by atoms with E-state index in [9.17, 15) is 4.79 Å². The van der Waals surface area contributed by atoms with Crippen molar-refractivity contribution < 1.29 is 4.79 Å². The zero-order chi connectivity index (χ0) is 22.2. The molecule has 4 aromatic rings. The number of fused-ring (bicyclic) bond motifs is 1. The Morgan fingerprint density at radius 1 is 1.16 bits per heavy atom. The maximum Gasteiger partial charge on any atom is 0.228 e. The molecule has 0 radical (unpaired) electrons. The van der Waals surface area contributed by atoms with Crippen LogP contribution in [0.1, 0.15) is 34.7 Å². The van der Waals surface area contributed by atoms with Crippen LogP contribution < -0.4 is 4.90 Å². The van der Waals surface area contributed by atoms with Crippen LogP contribution in [0.5, 0.6) is 0 Å². The Morgan fingerprint density at radius 3 is 2.69 bits per heavy atom. The van der Waals surface area contributed by atoms with E-state index in [0.717, 1.165) is 48.2 Å². The normalized spacial score (nSPS) is 15.1. The van der Waals surface area contributed by atoms with Gasteiger partial charge in [0.25, 0.3) is 0 Å². The molecule has 1 aliphatic heterocycles. The number of carbonyl (C=O) groups excluding carboxylic acids is 1. The van der Waals surface area contributed by atoms with Gasteiger partial charge in [0.05, 0.1) is 22.9 Å². The number of carbonyl (C=O) groups is 1. The van der Waals surface area contributed by atoms with Crippen molar-refractivity contribution >= 4 is 22.5 Å². The molecule has 0 aliphatic carbocycles. The molecule has 32 heavy (non-hydrogen) atoms. The molecule has 0 spiro atoms. The summed E-state index contributed by atoms with van der Waals surface area (Å²) in [6.07, 6.45) is 5.67. The van der Waals surface area contributed by atoms with Crippen molar-refractivity contribution in [1.82, 2.24) is 30.0 Å². The molecule has 3 aromatic heterocycles. The molecule has 1 saturated heterocycles. The van der Waals surface area contributed by atoms with Crippen LogP contribution in [-0.2, 0) is 0 Å². The van der Waals surface area contributed by atoms with Gasteiger partial charge in [-0.2, -0.15) is 5.10 Å².